The van der Waals surface area contributed by atoms with Crippen molar-refractivity contribution in [1.82, 2.24) is 10.2 Å². The Morgan fingerprint density at radius 1 is 1.31 bits per heavy atom. The molecule has 1 fully saturated rings. The van der Waals surface area contributed by atoms with Crippen molar-refractivity contribution in [2.24, 2.45) is 0 Å². The van der Waals surface area contributed by atoms with E-state index in [1.54, 1.807) is 0 Å². The van der Waals surface area contributed by atoms with Crippen molar-refractivity contribution in [3.05, 3.63) is 35.9 Å². The molecule has 2 N–H and O–H groups in total. The van der Waals surface area contributed by atoms with Gasteiger partial charge >= 0.3 is 12.2 Å². The van der Waals surface area contributed by atoms with Crippen LogP contribution in [0.15, 0.2) is 30.3 Å². The van der Waals surface area contributed by atoms with Gasteiger partial charge in [-0.2, -0.15) is 0 Å². The SMILES string of the molecule is CC1(NC(=O)OCc2ccccc2)CCCC(N(C(=O)O)C(C)(C)C)C1. The van der Waals surface area contributed by atoms with E-state index >= 15 is 0 Å². The first kappa shape index (κ1) is 20.1. The summed E-state index contributed by atoms with van der Waals surface area (Å²) in [5.41, 5.74) is -0.0304. The summed E-state index contributed by atoms with van der Waals surface area (Å²) in [4.78, 5) is 25.5. The van der Waals surface area contributed by atoms with E-state index in [0.717, 1.165) is 24.8 Å². The lowest BCUT2D eigenvalue weighted by atomic mass is 9.79. The van der Waals surface area contributed by atoms with Gasteiger partial charge in [-0.25, -0.2) is 9.59 Å². The summed E-state index contributed by atoms with van der Waals surface area (Å²) in [6.07, 6.45) is 1.67. The van der Waals surface area contributed by atoms with Crippen molar-refractivity contribution in [2.45, 2.75) is 77.1 Å². The van der Waals surface area contributed by atoms with E-state index in [4.69, 9.17) is 4.74 Å². The van der Waals surface area contributed by atoms with Gasteiger partial charge in [-0.15, -0.1) is 0 Å². The van der Waals surface area contributed by atoms with Gasteiger partial charge in [0.25, 0.3) is 0 Å². The molecule has 1 aliphatic carbocycles. The molecule has 0 radical (unpaired) electrons. The average molecular weight is 362 g/mol. The summed E-state index contributed by atoms with van der Waals surface area (Å²) in [5, 5.41) is 12.6. The molecule has 2 rings (SSSR count). The zero-order valence-electron chi connectivity index (χ0n) is 16.1. The van der Waals surface area contributed by atoms with Gasteiger partial charge in [0.1, 0.15) is 6.61 Å². The van der Waals surface area contributed by atoms with Gasteiger partial charge in [-0.1, -0.05) is 30.3 Å². The monoisotopic (exact) mass is 362 g/mol. The summed E-state index contributed by atoms with van der Waals surface area (Å²) in [5.74, 6) is 0. The summed E-state index contributed by atoms with van der Waals surface area (Å²) >= 11 is 0. The van der Waals surface area contributed by atoms with Crippen LogP contribution in [0.25, 0.3) is 0 Å². The lowest BCUT2D eigenvalue weighted by Gasteiger charge is -2.46. The zero-order chi connectivity index (χ0) is 19.4. The lowest BCUT2D eigenvalue weighted by Crippen LogP contribution is -2.58. The van der Waals surface area contributed by atoms with Crippen molar-refractivity contribution in [3.63, 3.8) is 0 Å². The third-order valence-electron chi connectivity index (χ3n) is 4.86. The molecule has 26 heavy (non-hydrogen) atoms. The summed E-state index contributed by atoms with van der Waals surface area (Å²) < 4.78 is 5.33. The Kier molecular flexibility index (Phi) is 6.16. The van der Waals surface area contributed by atoms with E-state index in [0.29, 0.717) is 6.42 Å². The average Bonchev–Trinajstić information content (AvgIpc) is 2.52. The third kappa shape index (κ3) is 5.38. The van der Waals surface area contributed by atoms with Gasteiger partial charge in [0.05, 0.1) is 0 Å². The van der Waals surface area contributed by atoms with E-state index in [2.05, 4.69) is 5.32 Å². The molecule has 0 aromatic heterocycles. The number of rotatable bonds is 4. The Morgan fingerprint density at radius 2 is 1.96 bits per heavy atom. The molecular weight excluding hydrogens is 332 g/mol. The highest BCUT2D eigenvalue weighted by Gasteiger charge is 2.41. The number of carboxylic acid groups (broad SMARTS) is 1. The molecule has 0 saturated heterocycles. The number of carbonyl (C=O) groups is 2. The van der Waals surface area contributed by atoms with Crippen LogP contribution in [0.3, 0.4) is 0 Å². The maximum absolute atomic E-state index is 12.2. The molecule has 144 valence electrons. The molecule has 0 heterocycles. The Balaban J connectivity index is 1.97. The van der Waals surface area contributed by atoms with E-state index in [9.17, 15) is 14.7 Å². The maximum atomic E-state index is 12.2. The topological polar surface area (TPSA) is 78.9 Å². The highest BCUT2D eigenvalue weighted by molar-refractivity contribution is 5.68. The lowest BCUT2D eigenvalue weighted by molar-refractivity contribution is 0.0380. The van der Waals surface area contributed by atoms with Crippen molar-refractivity contribution >= 4 is 12.2 Å². The number of ether oxygens (including phenoxy) is 1. The fraction of sp³-hybridized carbons (Fsp3) is 0.600. The molecule has 1 saturated carbocycles. The molecule has 1 aromatic carbocycles. The normalized spacial score (nSPS) is 23.2. The van der Waals surface area contributed by atoms with Gasteiger partial charge in [-0.3, -0.25) is 0 Å². The largest absolute Gasteiger partial charge is 0.465 e. The summed E-state index contributed by atoms with van der Waals surface area (Å²) in [7, 11) is 0. The Bertz CT molecular complexity index is 626. The Hall–Kier alpha value is -2.24. The van der Waals surface area contributed by atoms with Crippen LogP contribution in [-0.4, -0.2) is 39.3 Å². The highest BCUT2D eigenvalue weighted by Crippen LogP contribution is 2.34. The first-order valence-corrected chi connectivity index (χ1v) is 9.12. The molecular formula is C20H30N2O4. The number of benzene rings is 1. The third-order valence-corrected chi connectivity index (χ3v) is 4.86. The van der Waals surface area contributed by atoms with Gasteiger partial charge < -0.3 is 20.1 Å². The first-order valence-electron chi connectivity index (χ1n) is 9.12. The van der Waals surface area contributed by atoms with Crippen LogP contribution in [0.1, 0.15) is 58.9 Å². The molecule has 1 aliphatic rings. The highest BCUT2D eigenvalue weighted by atomic mass is 16.5. The van der Waals surface area contributed by atoms with Crippen LogP contribution < -0.4 is 5.32 Å². The first-order chi connectivity index (χ1) is 12.1. The van der Waals surface area contributed by atoms with Crippen LogP contribution in [-0.2, 0) is 11.3 Å². The van der Waals surface area contributed by atoms with Crippen LogP contribution >= 0.6 is 0 Å². The molecule has 2 atom stereocenters. The van der Waals surface area contributed by atoms with Gasteiger partial charge in [0, 0.05) is 17.1 Å². The van der Waals surface area contributed by atoms with Gasteiger partial charge in [-0.05, 0) is 58.9 Å². The molecule has 2 unspecified atom stereocenters. The minimum Gasteiger partial charge on any atom is -0.465 e. The fourth-order valence-corrected chi connectivity index (χ4v) is 3.78. The number of alkyl carbamates (subject to hydrolysis) is 1. The maximum Gasteiger partial charge on any atom is 0.407 e. The van der Waals surface area contributed by atoms with Crippen LogP contribution in [0, 0.1) is 0 Å². The predicted octanol–water partition coefficient (Wildman–Crippen LogP) is 4.39. The second-order valence-corrected chi connectivity index (χ2v) is 8.32. The smallest absolute Gasteiger partial charge is 0.407 e. The fourth-order valence-electron chi connectivity index (χ4n) is 3.78. The second kappa shape index (κ2) is 7.98. The van der Waals surface area contributed by atoms with Gasteiger partial charge in [0.15, 0.2) is 0 Å². The van der Waals surface area contributed by atoms with Crippen LogP contribution in [0.2, 0.25) is 0 Å². The van der Waals surface area contributed by atoms with Crippen molar-refractivity contribution in [3.8, 4) is 0 Å². The molecule has 0 spiro atoms. The molecule has 0 bridgehead atoms. The molecule has 2 amide bonds. The van der Waals surface area contributed by atoms with Crippen molar-refractivity contribution in [1.29, 1.82) is 0 Å². The van der Waals surface area contributed by atoms with Gasteiger partial charge in [0.2, 0.25) is 0 Å². The quantitative estimate of drug-likeness (QED) is 0.832. The molecule has 6 heteroatoms. The molecule has 0 aliphatic heterocycles. The van der Waals surface area contributed by atoms with Crippen molar-refractivity contribution in [2.75, 3.05) is 0 Å². The Morgan fingerprint density at radius 3 is 2.54 bits per heavy atom. The number of carbonyl (C=O) groups excluding carboxylic acids is 1. The summed E-state index contributed by atoms with van der Waals surface area (Å²) in [6, 6.07) is 9.39. The predicted molar refractivity (Wildman–Crippen MR) is 100 cm³/mol. The van der Waals surface area contributed by atoms with E-state index in [1.807, 2.05) is 58.0 Å². The standard InChI is InChI=1S/C20H30N2O4/c1-19(2,3)22(18(24)25)16-11-8-12-20(4,13-16)21-17(23)26-14-15-9-6-5-7-10-15/h5-7,9-10,16H,8,11-14H2,1-4H3,(H,21,23)(H,24,25). The minimum absolute atomic E-state index is 0.124. The minimum atomic E-state index is -0.918. The molecule has 1 aromatic rings. The molecule has 6 nitrogen and oxygen atoms in total. The van der Waals surface area contributed by atoms with E-state index < -0.39 is 23.3 Å². The van der Waals surface area contributed by atoms with Crippen LogP contribution in [0.4, 0.5) is 9.59 Å². The van der Waals surface area contributed by atoms with E-state index in [1.165, 1.54) is 4.90 Å². The van der Waals surface area contributed by atoms with Crippen molar-refractivity contribution < 1.29 is 19.4 Å². The number of hydrogen-bond acceptors (Lipinski definition) is 3. The van der Waals surface area contributed by atoms with E-state index in [-0.39, 0.29) is 12.6 Å². The second-order valence-electron chi connectivity index (χ2n) is 8.32. The number of amides is 2. The van der Waals surface area contributed by atoms with Crippen LogP contribution in [0.5, 0.6) is 0 Å². The number of nitrogens with zero attached hydrogens (tertiary/aromatic N) is 1. The number of hydrogen-bond donors (Lipinski definition) is 2. The summed E-state index contributed by atoms with van der Waals surface area (Å²) in [6.45, 7) is 7.87. The number of nitrogens with one attached hydrogen (secondary N) is 1. The Labute approximate surface area is 155 Å². The zero-order valence-corrected chi connectivity index (χ0v) is 16.1.